The number of fused-ring (bicyclic) bond motifs is 1. The molecule has 0 fully saturated rings. The molecule has 11 nitrogen and oxygen atoms in total. The number of ether oxygens (including phenoxy) is 3. The van der Waals surface area contributed by atoms with Crippen LogP contribution < -0.4 is 14.3 Å². The normalized spacial score (nSPS) is 11.7. The van der Waals surface area contributed by atoms with Crippen LogP contribution in [-0.2, 0) is 30.8 Å². The summed E-state index contributed by atoms with van der Waals surface area (Å²) in [7, 11) is -2.38. The second-order valence-electron chi connectivity index (χ2n) is 8.45. The number of nitrogens with zero attached hydrogens (tertiary/aromatic N) is 2. The summed E-state index contributed by atoms with van der Waals surface area (Å²) < 4.78 is 45.3. The Balaban J connectivity index is 1.62. The Morgan fingerprint density at radius 2 is 1.56 bits per heavy atom. The second-order valence-corrected chi connectivity index (χ2v) is 11.1. The summed E-state index contributed by atoms with van der Waals surface area (Å²) in [5.41, 5.74) is 1.37. The highest BCUT2D eigenvalue weighted by atomic mass is 32.2. The smallest absolute Gasteiger partial charge is 0.338 e. The third-order valence-corrected chi connectivity index (χ3v) is 8.18. The Bertz CT molecular complexity index is 1760. The topological polar surface area (TPSA) is 142 Å². The van der Waals surface area contributed by atoms with Crippen LogP contribution >= 0.6 is 11.3 Å². The molecule has 13 heteroatoms. The summed E-state index contributed by atoms with van der Waals surface area (Å²) in [6, 6.07) is 16.6. The summed E-state index contributed by atoms with van der Waals surface area (Å²) in [5, 5.41) is 0. The zero-order valence-corrected chi connectivity index (χ0v) is 24.1. The monoisotopic (exact) mass is 597 g/mol. The maximum atomic E-state index is 13.1. The first-order chi connectivity index (χ1) is 19.6. The number of nitrogens with one attached hydrogen (secondary N) is 1. The van der Waals surface area contributed by atoms with Crippen molar-refractivity contribution >= 4 is 55.1 Å². The number of hydrogen-bond acceptors (Lipinski definition) is 9. The van der Waals surface area contributed by atoms with Crippen molar-refractivity contribution in [1.82, 2.24) is 4.57 Å². The molecule has 3 aromatic carbocycles. The number of sulfonamides is 1. The van der Waals surface area contributed by atoms with Gasteiger partial charge in [0, 0.05) is 11.3 Å². The van der Waals surface area contributed by atoms with Crippen molar-refractivity contribution < 1.29 is 37.0 Å². The number of carbonyl (C=O) groups excluding carboxylic acids is 3. The van der Waals surface area contributed by atoms with Crippen molar-refractivity contribution in [3.8, 4) is 5.75 Å². The van der Waals surface area contributed by atoms with Gasteiger partial charge < -0.3 is 18.8 Å². The summed E-state index contributed by atoms with van der Waals surface area (Å²) >= 11 is 1.13. The molecular formula is C28H27N3O8S2. The quantitative estimate of drug-likeness (QED) is 0.271. The van der Waals surface area contributed by atoms with E-state index >= 15 is 0 Å². The minimum atomic E-state index is -3.86. The summed E-state index contributed by atoms with van der Waals surface area (Å²) in [6.45, 7) is 3.62. The van der Waals surface area contributed by atoms with E-state index in [0.29, 0.717) is 21.5 Å². The van der Waals surface area contributed by atoms with Gasteiger partial charge in [-0.15, -0.1) is 0 Å². The zero-order chi connectivity index (χ0) is 29.6. The largest absolute Gasteiger partial charge is 0.497 e. The van der Waals surface area contributed by atoms with E-state index in [-0.39, 0.29) is 40.7 Å². The highest BCUT2D eigenvalue weighted by Crippen LogP contribution is 2.22. The number of amides is 1. The van der Waals surface area contributed by atoms with Crippen molar-refractivity contribution in [2.45, 2.75) is 25.3 Å². The first-order valence-corrected chi connectivity index (χ1v) is 14.8. The van der Waals surface area contributed by atoms with E-state index in [0.717, 1.165) is 11.3 Å². The summed E-state index contributed by atoms with van der Waals surface area (Å²) in [5.74, 6) is -1.08. The van der Waals surface area contributed by atoms with E-state index in [1.165, 1.54) is 55.6 Å². The fraction of sp³-hybridized carbons (Fsp3) is 0.214. The molecule has 4 aromatic rings. The van der Waals surface area contributed by atoms with Crippen molar-refractivity contribution in [2.75, 3.05) is 25.0 Å². The average Bonchev–Trinajstić information content (AvgIpc) is 3.29. The third-order valence-electron chi connectivity index (χ3n) is 5.74. The molecule has 1 aromatic heterocycles. The fourth-order valence-electron chi connectivity index (χ4n) is 3.79. The Morgan fingerprint density at radius 1 is 0.902 bits per heavy atom. The molecule has 4 rings (SSSR count). The van der Waals surface area contributed by atoms with Gasteiger partial charge in [0.2, 0.25) is 0 Å². The van der Waals surface area contributed by atoms with Crippen molar-refractivity contribution in [3.05, 3.63) is 82.7 Å². The molecule has 0 radical (unpaired) electrons. The van der Waals surface area contributed by atoms with E-state index in [2.05, 4.69) is 9.71 Å². The molecule has 0 unspecified atom stereocenters. The van der Waals surface area contributed by atoms with E-state index in [9.17, 15) is 22.8 Å². The van der Waals surface area contributed by atoms with Crippen LogP contribution in [0.25, 0.3) is 10.2 Å². The van der Waals surface area contributed by atoms with Gasteiger partial charge in [-0.25, -0.2) is 13.2 Å². The van der Waals surface area contributed by atoms with Crippen LogP contribution in [0.2, 0.25) is 0 Å². The second kappa shape index (κ2) is 12.8. The molecule has 0 bridgehead atoms. The van der Waals surface area contributed by atoms with Crippen LogP contribution in [0.3, 0.4) is 0 Å². The number of benzene rings is 3. The molecule has 0 saturated heterocycles. The SMILES string of the molecule is CCOC(=O)Cn1c(=NC(=O)c2ccc(NS(=O)(=O)c3ccc(OC)cc3)cc2)sc2cc(C(=O)OCC)ccc21. The van der Waals surface area contributed by atoms with Crippen LogP contribution in [-0.4, -0.2) is 51.2 Å². The van der Waals surface area contributed by atoms with Gasteiger partial charge >= 0.3 is 11.9 Å². The van der Waals surface area contributed by atoms with Crippen LogP contribution in [0.15, 0.2) is 76.6 Å². The Labute approximate surface area is 240 Å². The molecular weight excluding hydrogens is 570 g/mol. The Hall–Kier alpha value is -4.49. The summed E-state index contributed by atoms with van der Waals surface area (Å²) in [4.78, 5) is 42.1. The lowest BCUT2D eigenvalue weighted by Crippen LogP contribution is -2.23. The maximum absolute atomic E-state index is 13.1. The number of aromatic nitrogens is 1. The highest BCUT2D eigenvalue weighted by Gasteiger charge is 2.17. The van der Waals surface area contributed by atoms with Gasteiger partial charge in [0.05, 0.1) is 41.0 Å². The van der Waals surface area contributed by atoms with E-state index in [1.54, 1.807) is 36.6 Å². The van der Waals surface area contributed by atoms with Gasteiger partial charge in [-0.2, -0.15) is 4.99 Å². The molecule has 41 heavy (non-hydrogen) atoms. The fourth-order valence-corrected chi connectivity index (χ4v) is 5.92. The summed E-state index contributed by atoms with van der Waals surface area (Å²) in [6.07, 6.45) is 0. The first kappa shape index (κ1) is 29.5. The van der Waals surface area contributed by atoms with Crippen molar-refractivity contribution in [2.24, 2.45) is 4.99 Å². The number of anilines is 1. The minimum Gasteiger partial charge on any atom is -0.497 e. The standard InChI is InChI=1S/C28H27N3O8S2/c1-4-38-25(32)17-31-23-15-8-19(27(34)39-5-2)16-24(23)40-28(31)29-26(33)18-6-9-20(10-7-18)30-41(35,36)22-13-11-21(37-3)12-14-22/h6-16,30H,4-5,17H2,1-3H3. The Morgan fingerprint density at radius 3 is 2.20 bits per heavy atom. The number of thiazole rings is 1. The number of rotatable bonds is 10. The van der Waals surface area contributed by atoms with Crippen molar-refractivity contribution in [1.29, 1.82) is 0 Å². The van der Waals surface area contributed by atoms with E-state index in [4.69, 9.17) is 14.2 Å². The predicted molar refractivity (Wildman–Crippen MR) is 153 cm³/mol. The van der Waals surface area contributed by atoms with E-state index in [1.807, 2.05) is 0 Å². The lowest BCUT2D eigenvalue weighted by molar-refractivity contribution is -0.143. The lowest BCUT2D eigenvalue weighted by Gasteiger charge is -2.09. The van der Waals surface area contributed by atoms with Gasteiger partial charge in [-0.3, -0.25) is 14.3 Å². The first-order valence-electron chi connectivity index (χ1n) is 12.5. The molecule has 0 aliphatic rings. The molecule has 1 amide bonds. The molecule has 1 N–H and O–H groups in total. The lowest BCUT2D eigenvalue weighted by atomic mass is 10.2. The minimum absolute atomic E-state index is 0.0514. The van der Waals surface area contributed by atoms with Crippen molar-refractivity contribution in [3.63, 3.8) is 0 Å². The molecule has 0 atom stereocenters. The van der Waals surface area contributed by atoms with Gasteiger partial charge in [-0.05, 0) is 80.6 Å². The third kappa shape index (κ3) is 6.99. The zero-order valence-electron chi connectivity index (χ0n) is 22.4. The molecule has 0 saturated carbocycles. The number of carbonyl (C=O) groups is 3. The van der Waals surface area contributed by atoms with Gasteiger partial charge in [0.1, 0.15) is 12.3 Å². The van der Waals surface area contributed by atoms with Gasteiger partial charge in [-0.1, -0.05) is 11.3 Å². The highest BCUT2D eigenvalue weighted by molar-refractivity contribution is 7.92. The Kier molecular flexibility index (Phi) is 9.20. The molecule has 0 aliphatic heterocycles. The number of hydrogen-bond donors (Lipinski definition) is 1. The average molecular weight is 598 g/mol. The predicted octanol–water partition coefficient (Wildman–Crippen LogP) is 3.99. The van der Waals surface area contributed by atoms with Crippen LogP contribution in [0, 0.1) is 0 Å². The number of esters is 2. The molecule has 214 valence electrons. The van der Waals surface area contributed by atoms with Crippen LogP contribution in [0.5, 0.6) is 5.75 Å². The van der Waals surface area contributed by atoms with Crippen LogP contribution in [0.1, 0.15) is 34.6 Å². The molecule has 0 aliphatic carbocycles. The van der Waals surface area contributed by atoms with Gasteiger partial charge in [0.15, 0.2) is 4.80 Å². The van der Waals surface area contributed by atoms with Gasteiger partial charge in [0.25, 0.3) is 15.9 Å². The molecule has 1 heterocycles. The maximum Gasteiger partial charge on any atom is 0.338 e. The number of methoxy groups -OCH3 is 1. The van der Waals surface area contributed by atoms with E-state index < -0.39 is 27.9 Å². The van der Waals surface area contributed by atoms with Crippen LogP contribution in [0.4, 0.5) is 5.69 Å². The molecule has 0 spiro atoms.